The van der Waals surface area contributed by atoms with Crippen molar-refractivity contribution in [1.82, 2.24) is 0 Å². The second-order valence-corrected chi connectivity index (χ2v) is 5.48. The van der Waals surface area contributed by atoms with Gasteiger partial charge in [-0.15, -0.1) is 10.1 Å². The van der Waals surface area contributed by atoms with Crippen molar-refractivity contribution >= 4 is 11.9 Å². The predicted molar refractivity (Wildman–Crippen MR) is 88.2 cm³/mol. The van der Waals surface area contributed by atoms with E-state index in [1.807, 2.05) is 0 Å². The van der Waals surface area contributed by atoms with Crippen molar-refractivity contribution in [2.24, 2.45) is 0 Å². The van der Waals surface area contributed by atoms with Gasteiger partial charge in [0.2, 0.25) is 0 Å². The highest BCUT2D eigenvalue weighted by molar-refractivity contribution is 5.86. The largest absolute Gasteiger partial charge is 0.480 e. The van der Waals surface area contributed by atoms with Gasteiger partial charge in [0.05, 0.1) is 0 Å². The van der Waals surface area contributed by atoms with Gasteiger partial charge in [0.15, 0.2) is 0 Å². The summed E-state index contributed by atoms with van der Waals surface area (Å²) in [5.74, 6) is -2.04. The van der Waals surface area contributed by atoms with E-state index in [0.717, 1.165) is 0 Å². The highest BCUT2D eigenvalue weighted by Gasteiger charge is 2.41. The summed E-state index contributed by atoms with van der Waals surface area (Å²) in [6.45, 7) is 0. The van der Waals surface area contributed by atoms with E-state index in [1.165, 1.54) is 0 Å². The molecular formula is C18H17NO6. The zero-order valence-electron chi connectivity index (χ0n) is 13.3. The molecule has 0 unspecified atom stereocenters. The number of carboxylic acid groups (broad SMARTS) is 1. The number of benzene rings is 2. The SMILES string of the molecule is O=C(CCCC(C(=O)O)(c1ccccc1)c1ccccc1)O[N+](=O)[O-]. The van der Waals surface area contributed by atoms with Crippen molar-refractivity contribution in [3.05, 3.63) is 81.9 Å². The molecule has 0 radical (unpaired) electrons. The number of aliphatic carboxylic acids is 1. The zero-order valence-corrected chi connectivity index (χ0v) is 13.3. The topological polar surface area (TPSA) is 107 Å². The number of hydrogen-bond donors (Lipinski definition) is 1. The average Bonchev–Trinajstić information content (AvgIpc) is 2.59. The molecule has 2 aromatic rings. The fraction of sp³-hybridized carbons (Fsp3) is 0.222. The van der Waals surface area contributed by atoms with Crippen molar-refractivity contribution < 1.29 is 24.6 Å². The van der Waals surface area contributed by atoms with Gasteiger partial charge >= 0.3 is 17.0 Å². The quantitative estimate of drug-likeness (QED) is 0.583. The molecule has 0 aliphatic carbocycles. The number of carboxylic acids is 1. The molecule has 7 nitrogen and oxygen atoms in total. The van der Waals surface area contributed by atoms with Crippen LogP contribution in [0, 0.1) is 10.1 Å². The number of carbonyl (C=O) groups is 2. The third-order valence-corrected chi connectivity index (χ3v) is 4.01. The molecule has 0 atom stereocenters. The second-order valence-electron chi connectivity index (χ2n) is 5.48. The van der Waals surface area contributed by atoms with Gasteiger partial charge in [0.25, 0.3) is 0 Å². The summed E-state index contributed by atoms with van der Waals surface area (Å²) in [4.78, 5) is 37.7. The minimum absolute atomic E-state index is 0.100. The van der Waals surface area contributed by atoms with Gasteiger partial charge in [-0.3, -0.25) is 9.59 Å². The van der Waals surface area contributed by atoms with Crippen molar-refractivity contribution in [1.29, 1.82) is 0 Å². The highest BCUT2D eigenvalue weighted by atomic mass is 17.0. The molecule has 7 heteroatoms. The third-order valence-electron chi connectivity index (χ3n) is 4.01. The maximum atomic E-state index is 12.3. The predicted octanol–water partition coefficient (Wildman–Crippen LogP) is 2.96. The molecule has 2 rings (SSSR count). The Morgan fingerprint density at radius 2 is 1.48 bits per heavy atom. The van der Waals surface area contributed by atoms with Crippen molar-refractivity contribution in [2.45, 2.75) is 24.7 Å². The zero-order chi connectivity index (χ0) is 18.3. The van der Waals surface area contributed by atoms with Crippen LogP contribution >= 0.6 is 0 Å². The van der Waals surface area contributed by atoms with Crippen LogP contribution in [0.2, 0.25) is 0 Å². The maximum absolute atomic E-state index is 12.3. The number of carbonyl (C=O) groups excluding carboxylic acids is 1. The Bertz CT molecular complexity index is 705. The fourth-order valence-corrected chi connectivity index (χ4v) is 2.88. The van der Waals surface area contributed by atoms with Crippen LogP contribution in [0.1, 0.15) is 30.4 Å². The fourth-order valence-electron chi connectivity index (χ4n) is 2.88. The maximum Gasteiger partial charge on any atom is 0.318 e. The van der Waals surface area contributed by atoms with Crippen LogP contribution in [-0.2, 0) is 19.8 Å². The van der Waals surface area contributed by atoms with Gasteiger partial charge < -0.3 is 5.11 Å². The first-order valence-electron chi connectivity index (χ1n) is 7.66. The average molecular weight is 343 g/mol. The Labute approximate surface area is 144 Å². The summed E-state index contributed by atoms with van der Waals surface area (Å²) < 4.78 is 0. The lowest BCUT2D eigenvalue weighted by molar-refractivity contribution is -0.729. The van der Waals surface area contributed by atoms with Crippen molar-refractivity contribution in [3.63, 3.8) is 0 Å². The van der Waals surface area contributed by atoms with E-state index in [9.17, 15) is 24.8 Å². The van der Waals surface area contributed by atoms with Gasteiger partial charge in [0, 0.05) is 6.42 Å². The molecule has 0 aromatic heterocycles. The Morgan fingerprint density at radius 1 is 1.00 bits per heavy atom. The van der Waals surface area contributed by atoms with Crippen LogP contribution < -0.4 is 0 Å². The Hall–Kier alpha value is -3.22. The molecule has 130 valence electrons. The molecule has 2 aromatic carbocycles. The smallest absolute Gasteiger partial charge is 0.318 e. The summed E-state index contributed by atoms with van der Waals surface area (Å²) in [7, 11) is 0. The van der Waals surface area contributed by atoms with Gasteiger partial charge in [-0.25, -0.2) is 4.84 Å². The van der Waals surface area contributed by atoms with Crippen LogP contribution in [-0.4, -0.2) is 22.1 Å². The van der Waals surface area contributed by atoms with Crippen LogP contribution in [0.4, 0.5) is 0 Å². The first-order chi connectivity index (χ1) is 12.0. The summed E-state index contributed by atoms with van der Waals surface area (Å²) in [6.07, 6.45) is -0.0123. The molecular weight excluding hydrogens is 326 g/mol. The minimum atomic E-state index is -1.35. The van der Waals surface area contributed by atoms with E-state index in [1.54, 1.807) is 60.7 Å². The van der Waals surface area contributed by atoms with Crippen molar-refractivity contribution in [2.75, 3.05) is 0 Å². The molecule has 0 amide bonds. The molecule has 0 saturated heterocycles. The number of nitrogens with zero attached hydrogens (tertiary/aromatic N) is 1. The molecule has 25 heavy (non-hydrogen) atoms. The van der Waals surface area contributed by atoms with E-state index in [0.29, 0.717) is 11.1 Å². The highest BCUT2D eigenvalue weighted by Crippen LogP contribution is 2.37. The van der Waals surface area contributed by atoms with E-state index >= 15 is 0 Å². The third kappa shape index (κ3) is 4.20. The van der Waals surface area contributed by atoms with Gasteiger partial charge in [-0.2, -0.15) is 0 Å². The van der Waals surface area contributed by atoms with E-state index < -0.39 is 22.4 Å². The van der Waals surface area contributed by atoms with E-state index in [2.05, 4.69) is 4.84 Å². The molecule has 1 N–H and O–H groups in total. The van der Waals surface area contributed by atoms with Crippen LogP contribution in [0.25, 0.3) is 0 Å². The molecule has 0 fully saturated rings. The van der Waals surface area contributed by atoms with Crippen LogP contribution in [0.3, 0.4) is 0 Å². The number of hydrogen-bond acceptors (Lipinski definition) is 5. The number of rotatable bonds is 8. The molecule has 0 aliphatic heterocycles. The Kier molecular flexibility index (Phi) is 5.84. The molecule has 0 bridgehead atoms. The first-order valence-corrected chi connectivity index (χ1v) is 7.66. The van der Waals surface area contributed by atoms with E-state index in [4.69, 9.17) is 0 Å². The summed E-state index contributed by atoms with van der Waals surface area (Å²) >= 11 is 0. The van der Waals surface area contributed by atoms with E-state index in [-0.39, 0.29) is 19.3 Å². The summed E-state index contributed by atoms with van der Waals surface area (Å²) in [5, 5.41) is 19.0. The monoisotopic (exact) mass is 343 g/mol. The summed E-state index contributed by atoms with van der Waals surface area (Å²) in [6, 6.07) is 17.4. The van der Waals surface area contributed by atoms with Gasteiger partial charge in [-0.05, 0) is 24.0 Å². The first kappa shape index (κ1) is 18.1. The normalized spacial score (nSPS) is 10.9. The molecule has 0 spiro atoms. The van der Waals surface area contributed by atoms with Crippen molar-refractivity contribution in [3.8, 4) is 0 Å². The summed E-state index contributed by atoms with van der Waals surface area (Å²) in [5.41, 5.74) is -0.190. The molecule has 0 aliphatic rings. The minimum Gasteiger partial charge on any atom is -0.480 e. The lowest BCUT2D eigenvalue weighted by Crippen LogP contribution is -2.37. The second kappa shape index (κ2) is 8.05. The van der Waals surface area contributed by atoms with Gasteiger partial charge in [-0.1, -0.05) is 60.7 Å². The van der Waals surface area contributed by atoms with Crippen LogP contribution in [0.15, 0.2) is 60.7 Å². The lowest BCUT2D eigenvalue weighted by Gasteiger charge is -2.30. The lowest BCUT2D eigenvalue weighted by atomic mass is 9.71. The Balaban J connectivity index is 2.34. The molecule has 0 heterocycles. The van der Waals surface area contributed by atoms with Crippen LogP contribution in [0.5, 0.6) is 0 Å². The standard InChI is InChI=1S/C18H17NO6/c20-16(25-19(23)24)12-7-13-18(17(21)22,14-8-3-1-4-9-14)15-10-5-2-6-11-15/h1-6,8-11H,7,12-13H2,(H,21,22). The van der Waals surface area contributed by atoms with Gasteiger partial charge in [0.1, 0.15) is 5.41 Å². The molecule has 0 saturated carbocycles. The Morgan fingerprint density at radius 3 is 1.88 bits per heavy atom.